The van der Waals surface area contributed by atoms with Crippen LogP contribution in [-0.4, -0.2) is 23.5 Å². The summed E-state index contributed by atoms with van der Waals surface area (Å²) >= 11 is 0. The van der Waals surface area contributed by atoms with Crippen LogP contribution >= 0.6 is 0 Å². The molecule has 4 nitrogen and oxygen atoms in total. The predicted molar refractivity (Wildman–Crippen MR) is 57.3 cm³/mol. The number of hydrogen-bond donors (Lipinski definition) is 1. The van der Waals surface area contributed by atoms with E-state index in [0.29, 0.717) is 0 Å². The van der Waals surface area contributed by atoms with Crippen molar-refractivity contribution in [2.24, 2.45) is 0 Å². The van der Waals surface area contributed by atoms with E-state index in [1.807, 2.05) is 0 Å². The molecule has 0 saturated heterocycles. The van der Waals surface area contributed by atoms with Crippen molar-refractivity contribution in [2.45, 2.75) is 46.3 Å². The molecule has 0 heterocycles. The molecule has 84 valence electrons. The van der Waals surface area contributed by atoms with Crippen LogP contribution < -0.4 is 5.32 Å². The van der Waals surface area contributed by atoms with Crippen molar-refractivity contribution in [1.29, 1.82) is 0 Å². The van der Waals surface area contributed by atoms with Crippen LogP contribution in [0.4, 0.5) is 4.79 Å². The Bertz CT molecular complexity index is 304. The van der Waals surface area contributed by atoms with E-state index in [-0.39, 0.29) is 5.78 Å². The molecule has 1 amide bonds. The molecule has 0 rings (SSSR count). The van der Waals surface area contributed by atoms with Crippen molar-refractivity contribution in [3.05, 3.63) is 0 Å². The van der Waals surface area contributed by atoms with Gasteiger partial charge in [0.25, 0.3) is 0 Å². The molecule has 15 heavy (non-hydrogen) atoms. The lowest BCUT2D eigenvalue weighted by atomic mass is 10.2. The number of carbonyl (C=O) groups excluding carboxylic acids is 2. The van der Waals surface area contributed by atoms with Crippen LogP contribution in [0, 0.1) is 11.8 Å². The first kappa shape index (κ1) is 13.5. The van der Waals surface area contributed by atoms with Gasteiger partial charge < -0.3 is 10.1 Å². The number of nitrogens with one attached hydrogen (secondary N) is 1. The van der Waals surface area contributed by atoms with Crippen molar-refractivity contribution in [3.63, 3.8) is 0 Å². The van der Waals surface area contributed by atoms with Crippen LogP contribution in [0.25, 0.3) is 0 Å². The smallest absolute Gasteiger partial charge is 0.408 e. The number of Topliss-reactive ketones (excluding diaryl/α,β-unsaturated/α-hetero) is 1. The summed E-state index contributed by atoms with van der Waals surface area (Å²) in [5, 5.41) is 2.41. The number of ether oxygens (including phenoxy) is 1. The summed E-state index contributed by atoms with van der Waals surface area (Å²) in [6.07, 6.45) is -0.610. The monoisotopic (exact) mass is 211 g/mol. The molecule has 1 N–H and O–H groups in total. The van der Waals surface area contributed by atoms with E-state index < -0.39 is 17.7 Å². The molecule has 0 spiro atoms. The molecule has 0 aliphatic carbocycles. The zero-order valence-corrected chi connectivity index (χ0v) is 9.80. The molecular formula is C11H17NO3. The zero-order valence-electron chi connectivity index (χ0n) is 9.80. The van der Waals surface area contributed by atoms with Gasteiger partial charge in [-0.25, -0.2) is 4.79 Å². The first-order valence-electron chi connectivity index (χ1n) is 4.72. The standard InChI is InChI=1S/C11H17NO3/c1-6-7-9(13)8(2)12-10(14)15-11(3,4)5/h8H,1-5H3,(H,12,14)/t8-/m0/s1. The molecule has 0 aliphatic heterocycles. The fraction of sp³-hybridized carbons (Fsp3) is 0.636. The van der Waals surface area contributed by atoms with E-state index in [0.717, 1.165) is 0 Å². The third-order valence-corrected chi connectivity index (χ3v) is 1.37. The van der Waals surface area contributed by atoms with Crippen LogP contribution in [0.1, 0.15) is 34.6 Å². The van der Waals surface area contributed by atoms with E-state index in [1.54, 1.807) is 34.6 Å². The highest BCUT2D eigenvalue weighted by Crippen LogP contribution is 2.06. The van der Waals surface area contributed by atoms with Crippen molar-refractivity contribution >= 4 is 11.9 Å². The van der Waals surface area contributed by atoms with Gasteiger partial charge in [-0.05, 0) is 40.5 Å². The van der Waals surface area contributed by atoms with E-state index in [4.69, 9.17) is 4.74 Å². The number of alkyl carbamates (subject to hydrolysis) is 1. The topological polar surface area (TPSA) is 55.4 Å². The van der Waals surface area contributed by atoms with Gasteiger partial charge in [0.15, 0.2) is 0 Å². The molecule has 0 aromatic rings. The summed E-state index contributed by atoms with van der Waals surface area (Å²) in [4.78, 5) is 22.4. The van der Waals surface area contributed by atoms with Gasteiger partial charge in [-0.3, -0.25) is 4.79 Å². The Balaban J connectivity index is 4.17. The van der Waals surface area contributed by atoms with Crippen molar-refractivity contribution in [2.75, 3.05) is 0 Å². The highest BCUT2D eigenvalue weighted by molar-refractivity contribution is 6.00. The Morgan fingerprint density at radius 2 is 1.87 bits per heavy atom. The SMILES string of the molecule is CC#CC(=O)[C@H](C)NC(=O)OC(C)(C)C. The maximum atomic E-state index is 11.2. The first-order chi connectivity index (χ1) is 6.76. The minimum atomic E-state index is -0.646. The van der Waals surface area contributed by atoms with Gasteiger partial charge in [0.2, 0.25) is 5.78 Å². The summed E-state index contributed by atoms with van der Waals surface area (Å²) in [7, 11) is 0. The zero-order chi connectivity index (χ0) is 12.1. The van der Waals surface area contributed by atoms with Crippen LogP contribution in [0.3, 0.4) is 0 Å². The Morgan fingerprint density at radius 3 is 2.27 bits per heavy atom. The van der Waals surface area contributed by atoms with Crippen LogP contribution in [0.5, 0.6) is 0 Å². The van der Waals surface area contributed by atoms with Gasteiger partial charge >= 0.3 is 6.09 Å². The summed E-state index contributed by atoms with van der Waals surface area (Å²) in [6, 6.07) is -0.646. The predicted octanol–water partition coefficient (Wildman–Crippen LogP) is 1.49. The molecule has 1 atom stereocenters. The third-order valence-electron chi connectivity index (χ3n) is 1.37. The molecule has 0 unspecified atom stereocenters. The van der Waals surface area contributed by atoms with Gasteiger partial charge in [0, 0.05) is 0 Å². The highest BCUT2D eigenvalue weighted by Gasteiger charge is 2.19. The molecular weight excluding hydrogens is 194 g/mol. The Labute approximate surface area is 90.4 Å². The number of rotatable bonds is 2. The number of carbonyl (C=O) groups is 2. The second kappa shape index (κ2) is 5.40. The number of amides is 1. The van der Waals surface area contributed by atoms with Crippen LogP contribution in [-0.2, 0) is 9.53 Å². The maximum Gasteiger partial charge on any atom is 0.408 e. The quantitative estimate of drug-likeness (QED) is 0.556. The van der Waals surface area contributed by atoms with Gasteiger partial charge in [0.1, 0.15) is 11.6 Å². The molecule has 0 bridgehead atoms. The largest absolute Gasteiger partial charge is 0.444 e. The van der Waals surface area contributed by atoms with Gasteiger partial charge in [-0.2, -0.15) is 0 Å². The fourth-order valence-electron chi connectivity index (χ4n) is 0.781. The minimum absolute atomic E-state index is 0.330. The minimum Gasteiger partial charge on any atom is -0.444 e. The van der Waals surface area contributed by atoms with Gasteiger partial charge in [0.05, 0.1) is 0 Å². The second-order valence-corrected chi connectivity index (χ2v) is 4.11. The lowest BCUT2D eigenvalue weighted by Crippen LogP contribution is -2.41. The second-order valence-electron chi connectivity index (χ2n) is 4.11. The average Bonchev–Trinajstić information content (AvgIpc) is 2.00. The normalized spacial score (nSPS) is 12.1. The molecule has 0 aromatic heterocycles. The molecule has 0 fully saturated rings. The van der Waals surface area contributed by atoms with E-state index in [9.17, 15) is 9.59 Å². The van der Waals surface area contributed by atoms with Crippen LogP contribution in [0.2, 0.25) is 0 Å². The molecule has 0 saturated carbocycles. The lowest BCUT2D eigenvalue weighted by Gasteiger charge is -2.20. The van der Waals surface area contributed by atoms with Gasteiger partial charge in [-0.1, -0.05) is 5.92 Å². The highest BCUT2D eigenvalue weighted by atomic mass is 16.6. The van der Waals surface area contributed by atoms with E-state index in [2.05, 4.69) is 17.2 Å². The summed E-state index contributed by atoms with van der Waals surface area (Å²) < 4.78 is 4.99. The molecule has 0 aliphatic rings. The van der Waals surface area contributed by atoms with Crippen LogP contribution in [0.15, 0.2) is 0 Å². The summed E-state index contributed by atoms with van der Waals surface area (Å²) in [5.41, 5.74) is -0.566. The lowest BCUT2D eigenvalue weighted by molar-refractivity contribution is -0.115. The fourth-order valence-corrected chi connectivity index (χ4v) is 0.781. The van der Waals surface area contributed by atoms with Crippen molar-refractivity contribution in [3.8, 4) is 11.8 Å². The average molecular weight is 211 g/mol. The van der Waals surface area contributed by atoms with E-state index in [1.165, 1.54) is 0 Å². The number of hydrogen-bond acceptors (Lipinski definition) is 3. The van der Waals surface area contributed by atoms with Gasteiger partial charge in [-0.15, -0.1) is 0 Å². The third kappa shape index (κ3) is 6.55. The van der Waals surface area contributed by atoms with E-state index >= 15 is 0 Å². The Hall–Kier alpha value is -1.50. The molecule has 0 radical (unpaired) electrons. The Morgan fingerprint density at radius 1 is 1.33 bits per heavy atom. The maximum absolute atomic E-state index is 11.2. The first-order valence-corrected chi connectivity index (χ1v) is 4.72. The van der Waals surface area contributed by atoms with Crippen molar-refractivity contribution in [1.82, 2.24) is 5.32 Å². The summed E-state index contributed by atoms with van der Waals surface area (Å²) in [5.74, 6) is 4.50. The molecule has 0 aromatic carbocycles. The number of ketones is 1. The molecule has 4 heteroatoms. The summed E-state index contributed by atoms with van der Waals surface area (Å²) in [6.45, 7) is 8.40. The Kier molecular flexibility index (Phi) is 4.86. The van der Waals surface area contributed by atoms with Crippen molar-refractivity contribution < 1.29 is 14.3 Å².